The lowest BCUT2D eigenvalue weighted by molar-refractivity contribution is -0.142. The van der Waals surface area contributed by atoms with Crippen LogP contribution < -0.4 is 5.73 Å². The Morgan fingerprint density at radius 2 is 2.00 bits per heavy atom. The second kappa shape index (κ2) is 6.93. The van der Waals surface area contributed by atoms with Gasteiger partial charge in [0.2, 0.25) is 11.8 Å². The molecule has 0 aromatic heterocycles. The number of rotatable bonds is 4. The van der Waals surface area contributed by atoms with Gasteiger partial charge in [0.15, 0.2) is 0 Å². The minimum atomic E-state index is -0.322. The number of hydrogen-bond donors (Lipinski definition) is 1. The van der Waals surface area contributed by atoms with Crippen LogP contribution in [0.5, 0.6) is 0 Å². The zero-order valence-electron chi connectivity index (χ0n) is 14.6. The molecule has 0 bridgehead atoms. The van der Waals surface area contributed by atoms with Crippen molar-refractivity contribution in [2.45, 2.75) is 51.7 Å². The molecular formula is C19H27N3O2. The van der Waals surface area contributed by atoms with Gasteiger partial charge < -0.3 is 15.5 Å². The van der Waals surface area contributed by atoms with Gasteiger partial charge in [-0.2, -0.15) is 0 Å². The van der Waals surface area contributed by atoms with Crippen molar-refractivity contribution in [2.24, 2.45) is 11.7 Å². The van der Waals surface area contributed by atoms with E-state index in [-0.39, 0.29) is 23.9 Å². The predicted molar refractivity (Wildman–Crippen MR) is 93.1 cm³/mol. The van der Waals surface area contributed by atoms with E-state index in [1.165, 1.54) is 5.56 Å². The molecule has 3 unspecified atom stereocenters. The normalized spacial score (nSPS) is 27.1. The third-order valence-electron chi connectivity index (χ3n) is 5.36. The van der Waals surface area contributed by atoms with Gasteiger partial charge in [0.05, 0.1) is 0 Å². The summed E-state index contributed by atoms with van der Waals surface area (Å²) in [5.41, 5.74) is 8.04. The Kier molecular flexibility index (Phi) is 4.90. The van der Waals surface area contributed by atoms with Crippen LogP contribution in [-0.4, -0.2) is 46.8 Å². The summed E-state index contributed by atoms with van der Waals surface area (Å²) in [6, 6.07) is 8.04. The Morgan fingerprint density at radius 3 is 2.62 bits per heavy atom. The van der Waals surface area contributed by atoms with Crippen LogP contribution in [0.2, 0.25) is 0 Å². The zero-order valence-corrected chi connectivity index (χ0v) is 14.6. The summed E-state index contributed by atoms with van der Waals surface area (Å²) in [4.78, 5) is 29.0. The maximum Gasteiger partial charge on any atom is 0.245 e. The van der Waals surface area contributed by atoms with Crippen molar-refractivity contribution >= 4 is 11.8 Å². The molecule has 1 aromatic rings. The van der Waals surface area contributed by atoms with Gasteiger partial charge in [-0.25, -0.2) is 0 Å². The summed E-state index contributed by atoms with van der Waals surface area (Å²) in [6.07, 6.45) is 2.05. The van der Waals surface area contributed by atoms with E-state index in [1.54, 1.807) is 4.90 Å². The van der Waals surface area contributed by atoms with Gasteiger partial charge in [-0.15, -0.1) is 0 Å². The van der Waals surface area contributed by atoms with Crippen molar-refractivity contribution in [3.8, 4) is 0 Å². The summed E-state index contributed by atoms with van der Waals surface area (Å²) in [5, 5.41) is 0. The van der Waals surface area contributed by atoms with Crippen molar-refractivity contribution < 1.29 is 9.59 Å². The van der Waals surface area contributed by atoms with Gasteiger partial charge in [-0.3, -0.25) is 9.59 Å². The highest BCUT2D eigenvalue weighted by Crippen LogP contribution is 2.28. The molecule has 2 aliphatic rings. The number of aryl methyl sites for hydroxylation is 1. The van der Waals surface area contributed by atoms with E-state index in [4.69, 9.17) is 5.73 Å². The van der Waals surface area contributed by atoms with Crippen molar-refractivity contribution in [3.63, 3.8) is 0 Å². The molecule has 5 heteroatoms. The summed E-state index contributed by atoms with van der Waals surface area (Å²) in [7, 11) is 0. The molecule has 1 aromatic carbocycles. The highest BCUT2D eigenvalue weighted by Gasteiger charge is 2.41. The lowest BCUT2D eigenvalue weighted by Crippen LogP contribution is -2.47. The van der Waals surface area contributed by atoms with Gasteiger partial charge in [0.1, 0.15) is 6.04 Å². The number of likely N-dealkylation sites (tertiary alicyclic amines) is 2. The summed E-state index contributed by atoms with van der Waals surface area (Å²) < 4.78 is 0. The van der Waals surface area contributed by atoms with E-state index < -0.39 is 0 Å². The fraction of sp³-hybridized carbons (Fsp3) is 0.579. The molecule has 2 fully saturated rings. The van der Waals surface area contributed by atoms with Gasteiger partial charge in [0, 0.05) is 25.6 Å². The smallest absolute Gasteiger partial charge is 0.245 e. The molecule has 2 N–H and O–H groups in total. The van der Waals surface area contributed by atoms with E-state index in [1.807, 2.05) is 36.1 Å². The van der Waals surface area contributed by atoms with E-state index in [0.29, 0.717) is 31.8 Å². The number of amides is 2. The number of nitrogens with two attached hydrogens (primary N) is 1. The first-order chi connectivity index (χ1) is 11.5. The highest BCUT2D eigenvalue weighted by molar-refractivity contribution is 5.91. The average molecular weight is 329 g/mol. The Balaban J connectivity index is 1.72. The largest absolute Gasteiger partial charge is 0.338 e. The lowest BCUT2D eigenvalue weighted by Gasteiger charge is -2.30. The third kappa shape index (κ3) is 3.31. The van der Waals surface area contributed by atoms with Crippen LogP contribution in [0.1, 0.15) is 37.3 Å². The number of hydrogen-bond acceptors (Lipinski definition) is 3. The number of carbonyl (C=O) groups excluding carboxylic acids is 2. The first kappa shape index (κ1) is 17.0. The Hall–Kier alpha value is -1.88. The van der Waals surface area contributed by atoms with Crippen molar-refractivity contribution in [2.75, 3.05) is 13.1 Å². The van der Waals surface area contributed by atoms with E-state index in [2.05, 4.69) is 6.92 Å². The minimum Gasteiger partial charge on any atom is -0.338 e. The first-order valence-electron chi connectivity index (χ1n) is 8.85. The SMILES string of the molecule is Cc1ccc(CN2C(=O)CCC2C(=O)N2CC(CN)CC2C)cc1. The molecule has 2 aliphatic heterocycles. The van der Waals surface area contributed by atoms with Crippen LogP contribution >= 0.6 is 0 Å². The lowest BCUT2D eigenvalue weighted by atomic mass is 10.1. The summed E-state index contributed by atoms with van der Waals surface area (Å²) in [6.45, 7) is 5.97. The fourth-order valence-corrected chi connectivity index (χ4v) is 3.89. The number of carbonyl (C=O) groups is 2. The zero-order chi connectivity index (χ0) is 17.3. The average Bonchev–Trinajstić information content (AvgIpc) is 3.12. The molecule has 2 heterocycles. The Bertz CT molecular complexity index is 614. The van der Waals surface area contributed by atoms with Crippen LogP contribution in [0.15, 0.2) is 24.3 Å². The van der Waals surface area contributed by atoms with Gasteiger partial charge >= 0.3 is 0 Å². The maximum atomic E-state index is 13.0. The van der Waals surface area contributed by atoms with E-state index >= 15 is 0 Å². The number of benzene rings is 1. The molecule has 24 heavy (non-hydrogen) atoms. The van der Waals surface area contributed by atoms with Crippen molar-refractivity contribution in [1.82, 2.24) is 9.80 Å². The third-order valence-corrected chi connectivity index (χ3v) is 5.36. The molecule has 3 rings (SSSR count). The molecule has 5 nitrogen and oxygen atoms in total. The van der Waals surface area contributed by atoms with Crippen LogP contribution in [0.4, 0.5) is 0 Å². The molecule has 0 aliphatic carbocycles. The van der Waals surface area contributed by atoms with Crippen molar-refractivity contribution in [1.29, 1.82) is 0 Å². The second-order valence-corrected chi connectivity index (χ2v) is 7.24. The van der Waals surface area contributed by atoms with Crippen LogP contribution in [0.3, 0.4) is 0 Å². The maximum absolute atomic E-state index is 13.0. The quantitative estimate of drug-likeness (QED) is 0.914. The summed E-state index contributed by atoms with van der Waals surface area (Å²) in [5.74, 6) is 0.555. The fourth-order valence-electron chi connectivity index (χ4n) is 3.89. The standard InChI is InChI=1S/C19H27N3O2/c1-13-3-5-15(6-4-13)11-22-17(7-8-18(22)23)19(24)21-12-16(10-20)9-14(21)2/h3-6,14,16-17H,7-12,20H2,1-2H3. The molecule has 3 atom stereocenters. The first-order valence-corrected chi connectivity index (χ1v) is 8.85. The van der Waals surface area contributed by atoms with Gasteiger partial charge in [-0.1, -0.05) is 29.8 Å². The topological polar surface area (TPSA) is 66.6 Å². The molecular weight excluding hydrogens is 302 g/mol. The predicted octanol–water partition coefficient (Wildman–Crippen LogP) is 1.68. The van der Waals surface area contributed by atoms with Crippen molar-refractivity contribution in [3.05, 3.63) is 35.4 Å². The van der Waals surface area contributed by atoms with Crippen LogP contribution in [-0.2, 0) is 16.1 Å². The molecule has 0 spiro atoms. The summed E-state index contributed by atoms with van der Waals surface area (Å²) >= 11 is 0. The molecule has 130 valence electrons. The Labute approximate surface area is 143 Å². The highest BCUT2D eigenvalue weighted by atomic mass is 16.2. The number of nitrogens with zero attached hydrogens (tertiary/aromatic N) is 2. The van der Waals surface area contributed by atoms with Gasteiger partial charge in [0.25, 0.3) is 0 Å². The van der Waals surface area contributed by atoms with Crippen LogP contribution in [0, 0.1) is 12.8 Å². The van der Waals surface area contributed by atoms with E-state index in [9.17, 15) is 9.59 Å². The van der Waals surface area contributed by atoms with E-state index in [0.717, 1.165) is 18.5 Å². The molecule has 0 radical (unpaired) electrons. The van der Waals surface area contributed by atoms with Crippen LogP contribution in [0.25, 0.3) is 0 Å². The second-order valence-electron chi connectivity index (χ2n) is 7.24. The Morgan fingerprint density at radius 1 is 1.29 bits per heavy atom. The monoisotopic (exact) mass is 329 g/mol. The molecule has 2 saturated heterocycles. The minimum absolute atomic E-state index is 0.0798. The molecule has 2 amide bonds. The van der Waals surface area contributed by atoms with Gasteiger partial charge in [-0.05, 0) is 44.7 Å². The molecule has 0 saturated carbocycles.